The molecule has 0 spiro atoms. The van der Waals surface area contributed by atoms with Gasteiger partial charge in [0, 0.05) is 31.3 Å². The summed E-state index contributed by atoms with van der Waals surface area (Å²) in [6, 6.07) is 0.265. The minimum Gasteiger partial charge on any atom is -0.275 e. The van der Waals surface area contributed by atoms with Crippen molar-refractivity contribution >= 4 is 0 Å². The molecule has 0 bridgehead atoms. The molecule has 2 rings (SSSR count). The number of nitrogens with zero attached hydrogens (tertiary/aromatic N) is 5. The number of rotatable bonds is 5. The maximum atomic E-state index is 5.68. The van der Waals surface area contributed by atoms with Gasteiger partial charge in [-0.2, -0.15) is 10.2 Å². The molecule has 0 aliphatic heterocycles. The van der Waals surface area contributed by atoms with Gasteiger partial charge in [-0.15, -0.1) is 0 Å². The van der Waals surface area contributed by atoms with Crippen molar-refractivity contribution in [1.82, 2.24) is 30.0 Å². The van der Waals surface area contributed by atoms with Gasteiger partial charge in [0.05, 0.1) is 11.7 Å². The van der Waals surface area contributed by atoms with E-state index in [1.807, 2.05) is 24.9 Å². The first kappa shape index (κ1) is 13.7. The second-order valence-electron chi connectivity index (χ2n) is 4.98. The third kappa shape index (κ3) is 2.82. The first-order valence-corrected chi connectivity index (χ1v) is 6.37. The lowest BCUT2D eigenvalue weighted by Gasteiger charge is -2.16. The molecule has 7 heteroatoms. The van der Waals surface area contributed by atoms with Crippen LogP contribution in [0.4, 0.5) is 0 Å². The van der Waals surface area contributed by atoms with Gasteiger partial charge in [-0.25, -0.2) is 9.67 Å². The summed E-state index contributed by atoms with van der Waals surface area (Å²) in [6.07, 6.45) is 4.25. The lowest BCUT2D eigenvalue weighted by molar-refractivity contribution is 0.467. The zero-order valence-electron chi connectivity index (χ0n) is 11.8. The van der Waals surface area contributed by atoms with E-state index in [4.69, 9.17) is 5.84 Å². The highest BCUT2D eigenvalue weighted by molar-refractivity contribution is 5.21. The number of nitrogens with two attached hydrogens (primary N) is 1. The summed E-state index contributed by atoms with van der Waals surface area (Å²) in [5.74, 6) is 6.60. The van der Waals surface area contributed by atoms with Crippen molar-refractivity contribution in [3.63, 3.8) is 0 Å². The van der Waals surface area contributed by atoms with Crippen molar-refractivity contribution < 1.29 is 0 Å². The molecule has 0 fully saturated rings. The summed E-state index contributed by atoms with van der Waals surface area (Å²) in [4.78, 5) is 4.32. The molecule has 0 amide bonds. The average molecular weight is 263 g/mol. The van der Waals surface area contributed by atoms with E-state index in [0.29, 0.717) is 6.42 Å². The molecule has 3 N–H and O–H groups in total. The summed E-state index contributed by atoms with van der Waals surface area (Å²) < 4.78 is 3.71. The van der Waals surface area contributed by atoms with E-state index >= 15 is 0 Å². The van der Waals surface area contributed by atoms with E-state index in [9.17, 15) is 0 Å². The van der Waals surface area contributed by atoms with Crippen molar-refractivity contribution in [2.45, 2.75) is 39.3 Å². The van der Waals surface area contributed by atoms with Crippen LogP contribution >= 0.6 is 0 Å². The number of hydrogen-bond acceptors (Lipinski definition) is 5. The van der Waals surface area contributed by atoms with Gasteiger partial charge in [-0.1, -0.05) is 0 Å². The van der Waals surface area contributed by atoms with Gasteiger partial charge >= 0.3 is 0 Å². The van der Waals surface area contributed by atoms with Crippen LogP contribution in [0.25, 0.3) is 0 Å². The topological polar surface area (TPSA) is 86.6 Å². The average Bonchev–Trinajstić information content (AvgIpc) is 2.92. The Labute approximate surface area is 112 Å². The van der Waals surface area contributed by atoms with Crippen LogP contribution in [0.1, 0.15) is 43.0 Å². The van der Waals surface area contributed by atoms with Gasteiger partial charge in [0.15, 0.2) is 0 Å². The van der Waals surface area contributed by atoms with Crippen LogP contribution in [0, 0.1) is 6.92 Å². The van der Waals surface area contributed by atoms with Crippen molar-refractivity contribution in [1.29, 1.82) is 0 Å². The number of hydrazine groups is 1. The molecule has 0 aliphatic carbocycles. The predicted molar refractivity (Wildman–Crippen MR) is 72.1 cm³/mol. The Morgan fingerprint density at radius 2 is 2.16 bits per heavy atom. The summed E-state index contributed by atoms with van der Waals surface area (Å²) >= 11 is 0. The van der Waals surface area contributed by atoms with E-state index in [1.165, 1.54) is 0 Å². The van der Waals surface area contributed by atoms with Gasteiger partial charge in [-0.05, 0) is 20.8 Å². The van der Waals surface area contributed by atoms with Crippen LogP contribution in [-0.4, -0.2) is 24.5 Å². The van der Waals surface area contributed by atoms with E-state index in [1.54, 1.807) is 11.0 Å². The summed E-state index contributed by atoms with van der Waals surface area (Å²) in [5.41, 5.74) is 4.90. The molecular weight excluding hydrogens is 242 g/mol. The van der Waals surface area contributed by atoms with E-state index in [2.05, 4.69) is 34.5 Å². The zero-order chi connectivity index (χ0) is 14.0. The zero-order valence-corrected chi connectivity index (χ0v) is 11.8. The number of aromatic nitrogens is 5. The fourth-order valence-corrected chi connectivity index (χ4v) is 2.25. The first-order valence-electron chi connectivity index (χ1n) is 6.37. The van der Waals surface area contributed by atoms with Gasteiger partial charge in [0.25, 0.3) is 0 Å². The molecule has 2 aromatic heterocycles. The molecule has 7 nitrogen and oxygen atoms in total. The minimum absolute atomic E-state index is 0.0181. The Morgan fingerprint density at radius 1 is 1.42 bits per heavy atom. The predicted octanol–water partition coefficient (Wildman–Crippen LogP) is 0.648. The van der Waals surface area contributed by atoms with Crippen LogP contribution in [0.5, 0.6) is 0 Å². The van der Waals surface area contributed by atoms with E-state index in [-0.39, 0.29) is 12.1 Å². The maximum absolute atomic E-state index is 5.68. The lowest BCUT2D eigenvalue weighted by Crippen LogP contribution is -2.31. The van der Waals surface area contributed by atoms with Crippen molar-refractivity contribution in [2.24, 2.45) is 12.9 Å². The molecule has 1 unspecified atom stereocenters. The number of nitrogens with one attached hydrogen (secondary N) is 1. The third-order valence-corrected chi connectivity index (χ3v) is 3.15. The van der Waals surface area contributed by atoms with Crippen LogP contribution in [-0.2, 0) is 13.5 Å². The summed E-state index contributed by atoms with van der Waals surface area (Å²) in [5, 5.41) is 8.59. The Kier molecular flexibility index (Phi) is 3.96. The fraction of sp³-hybridized carbons (Fsp3) is 0.583. The smallest absolute Gasteiger partial charge is 0.138 e. The van der Waals surface area contributed by atoms with Gasteiger partial charge in [-0.3, -0.25) is 16.0 Å². The molecular formula is C12H21N7. The minimum atomic E-state index is -0.0181. The molecule has 2 heterocycles. The Morgan fingerprint density at radius 3 is 2.68 bits per heavy atom. The molecule has 0 aliphatic rings. The number of hydrogen-bond donors (Lipinski definition) is 2. The van der Waals surface area contributed by atoms with Crippen molar-refractivity contribution in [3.8, 4) is 0 Å². The van der Waals surface area contributed by atoms with Crippen molar-refractivity contribution in [2.75, 3.05) is 0 Å². The first-order chi connectivity index (χ1) is 9.02. The van der Waals surface area contributed by atoms with Crippen LogP contribution in [0.15, 0.2) is 12.5 Å². The molecule has 19 heavy (non-hydrogen) atoms. The molecule has 0 saturated heterocycles. The molecule has 2 aromatic rings. The molecule has 0 aromatic carbocycles. The standard InChI is InChI=1S/C12H21N7/c1-8(2)19-12(14-7-15-19)5-11(16-13)10-6-18(4)17-9(10)3/h6-8,11,16H,5,13H2,1-4H3. The highest BCUT2D eigenvalue weighted by Crippen LogP contribution is 2.20. The highest BCUT2D eigenvalue weighted by Gasteiger charge is 2.19. The van der Waals surface area contributed by atoms with Gasteiger partial charge in [0.1, 0.15) is 12.2 Å². The number of aryl methyl sites for hydroxylation is 2. The van der Waals surface area contributed by atoms with E-state index < -0.39 is 0 Å². The van der Waals surface area contributed by atoms with E-state index in [0.717, 1.165) is 17.1 Å². The highest BCUT2D eigenvalue weighted by atomic mass is 15.4. The maximum Gasteiger partial charge on any atom is 0.138 e. The van der Waals surface area contributed by atoms with Gasteiger partial charge < -0.3 is 0 Å². The fourth-order valence-electron chi connectivity index (χ4n) is 2.25. The van der Waals surface area contributed by atoms with Crippen LogP contribution < -0.4 is 11.3 Å². The Bertz CT molecular complexity index is 540. The lowest BCUT2D eigenvalue weighted by atomic mass is 10.1. The second kappa shape index (κ2) is 5.50. The largest absolute Gasteiger partial charge is 0.275 e. The Hall–Kier alpha value is -1.73. The Balaban J connectivity index is 2.24. The van der Waals surface area contributed by atoms with Crippen molar-refractivity contribution in [3.05, 3.63) is 29.6 Å². The monoisotopic (exact) mass is 263 g/mol. The van der Waals surface area contributed by atoms with Crippen LogP contribution in [0.2, 0.25) is 0 Å². The molecule has 0 radical (unpaired) electrons. The van der Waals surface area contributed by atoms with Crippen LogP contribution in [0.3, 0.4) is 0 Å². The normalized spacial score (nSPS) is 13.2. The quantitative estimate of drug-likeness (QED) is 0.611. The molecule has 104 valence electrons. The molecule has 0 saturated carbocycles. The second-order valence-corrected chi connectivity index (χ2v) is 4.98. The van der Waals surface area contributed by atoms with Gasteiger partial charge in [0.2, 0.25) is 0 Å². The summed E-state index contributed by atoms with van der Waals surface area (Å²) in [6.45, 7) is 6.14. The summed E-state index contributed by atoms with van der Waals surface area (Å²) in [7, 11) is 1.90. The SMILES string of the molecule is Cc1nn(C)cc1C(Cc1ncnn1C(C)C)NN. The molecule has 1 atom stereocenters. The third-order valence-electron chi connectivity index (χ3n) is 3.15.